The maximum Gasteiger partial charge on any atom is 0.192 e. The molecule has 0 aromatic carbocycles. The first-order chi connectivity index (χ1) is 9.91. The van der Waals surface area contributed by atoms with Crippen molar-refractivity contribution in [2.75, 3.05) is 13.2 Å². The first-order valence-electron chi connectivity index (χ1n) is 8.52. The van der Waals surface area contributed by atoms with E-state index in [1.807, 2.05) is 13.8 Å². The fourth-order valence-electron chi connectivity index (χ4n) is 2.55. The minimum absolute atomic E-state index is 0.182. The third-order valence-corrected chi connectivity index (χ3v) is 9.87. The quantitative estimate of drug-likeness (QED) is 0.546. The molecule has 2 aliphatic rings. The monoisotopic (exact) mass is 330 g/mol. The average molecular weight is 331 g/mol. The van der Waals surface area contributed by atoms with E-state index in [1.54, 1.807) is 0 Å². The van der Waals surface area contributed by atoms with Crippen molar-refractivity contribution in [2.24, 2.45) is 5.92 Å². The lowest BCUT2D eigenvalue weighted by Gasteiger charge is -2.36. The van der Waals surface area contributed by atoms with Crippen molar-refractivity contribution in [1.82, 2.24) is 0 Å². The molecule has 0 aliphatic carbocycles. The van der Waals surface area contributed by atoms with Crippen LogP contribution >= 0.6 is 0 Å². The van der Waals surface area contributed by atoms with Crippen molar-refractivity contribution >= 4 is 8.32 Å². The fraction of sp³-hybridized carbons (Fsp3) is 1.00. The van der Waals surface area contributed by atoms with Crippen LogP contribution in [-0.4, -0.2) is 45.6 Å². The van der Waals surface area contributed by atoms with Crippen LogP contribution in [0.5, 0.6) is 0 Å². The van der Waals surface area contributed by atoms with E-state index in [4.69, 9.17) is 18.6 Å². The Morgan fingerprint density at radius 3 is 2.36 bits per heavy atom. The van der Waals surface area contributed by atoms with Gasteiger partial charge < -0.3 is 18.6 Å². The Hall–Kier alpha value is 0.0569. The molecule has 0 aromatic rings. The number of hydrogen-bond donors (Lipinski definition) is 0. The highest BCUT2D eigenvalue weighted by atomic mass is 28.4. The number of rotatable bonds is 6. The average Bonchev–Trinajstić information content (AvgIpc) is 2.98. The first-order valence-corrected chi connectivity index (χ1v) is 11.4. The van der Waals surface area contributed by atoms with Gasteiger partial charge in [0.15, 0.2) is 14.1 Å². The molecule has 0 aromatic heterocycles. The zero-order valence-corrected chi connectivity index (χ0v) is 16.6. The molecule has 0 N–H and O–H groups in total. The van der Waals surface area contributed by atoms with Gasteiger partial charge in [0.1, 0.15) is 6.10 Å². The molecule has 2 rings (SSSR count). The van der Waals surface area contributed by atoms with Crippen LogP contribution in [0.3, 0.4) is 0 Å². The molecule has 0 bridgehead atoms. The molecule has 2 fully saturated rings. The van der Waals surface area contributed by atoms with Crippen molar-refractivity contribution in [3.63, 3.8) is 0 Å². The molecule has 0 radical (unpaired) electrons. The van der Waals surface area contributed by atoms with Crippen LogP contribution in [-0.2, 0) is 18.6 Å². The summed E-state index contributed by atoms with van der Waals surface area (Å²) in [5.41, 5.74) is 0. The number of epoxide rings is 1. The van der Waals surface area contributed by atoms with Crippen molar-refractivity contribution in [1.29, 1.82) is 0 Å². The van der Waals surface area contributed by atoms with Crippen LogP contribution in [0.15, 0.2) is 0 Å². The van der Waals surface area contributed by atoms with Crippen LogP contribution in [0.4, 0.5) is 0 Å². The molecule has 130 valence electrons. The summed E-state index contributed by atoms with van der Waals surface area (Å²) in [5, 5.41) is 0.255. The van der Waals surface area contributed by atoms with Crippen LogP contribution in [0.25, 0.3) is 0 Å². The van der Waals surface area contributed by atoms with E-state index in [9.17, 15) is 0 Å². The highest BCUT2D eigenvalue weighted by Crippen LogP contribution is 2.39. The minimum atomic E-state index is -1.67. The smallest absolute Gasteiger partial charge is 0.192 e. The first kappa shape index (κ1) is 18.4. The van der Waals surface area contributed by atoms with Gasteiger partial charge in [0.05, 0.1) is 25.4 Å². The lowest BCUT2D eigenvalue weighted by Crippen LogP contribution is -2.41. The summed E-state index contributed by atoms with van der Waals surface area (Å²) in [6.45, 7) is 19.0. The predicted molar refractivity (Wildman–Crippen MR) is 90.5 cm³/mol. The highest BCUT2D eigenvalue weighted by Gasteiger charge is 2.45. The third-order valence-electron chi connectivity index (χ3n) is 5.37. The summed E-state index contributed by atoms with van der Waals surface area (Å²) in [4.78, 5) is 0. The summed E-state index contributed by atoms with van der Waals surface area (Å²) in [5.74, 6) is 0.0124. The molecule has 5 heteroatoms. The Morgan fingerprint density at radius 1 is 1.23 bits per heavy atom. The summed E-state index contributed by atoms with van der Waals surface area (Å²) >= 11 is 0. The minimum Gasteiger partial charge on any atom is -0.414 e. The van der Waals surface area contributed by atoms with Crippen molar-refractivity contribution in [3.05, 3.63) is 0 Å². The molecule has 2 saturated heterocycles. The lowest BCUT2D eigenvalue weighted by atomic mass is 9.98. The molecule has 0 spiro atoms. The second-order valence-corrected chi connectivity index (χ2v) is 13.7. The summed E-state index contributed by atoms with van der Waals surface area (Å²) in [6.07, 6.45) is 1.80. The lowest BCUT2D eigenvalue weighted by molar-refractivity contribution is -0.144. The molecular formula is C17H34O4Si. The molecule has 4 nitrogen and oxygen atoms in total. The van der Waals surface area contributed by atoms with Crippen molar-refractivity contribution in [2.45, 2.75) is 90.2 Å². The van der Waals surface area contributed by atoms with Gasteiger partial charge in [-0.3, -0.25) is 0 Å². The molecule has 0 unspecified atom stereocenters. The Labute approximate surface area is 137 Å². The van der Waals surface area contributed by atoms with Gasteiger partial charge in [0, 0.05) is 0 Å². The second-order valence-electron chi connectivity index (χ2n) is 8.86. The zero-order valence-electron chi connectivity index (χ0n) is 15.6. The molecule has 0 saturated carbocycles. The van der Waals surface area contributed by atoms with E-state index in [-0.39, 0.29) is 17.2 Å². The summed E-state index contributed by atoms with van der Waals surface area (Å²) in [7, 11) is -1.67. The Morgan fingerprint density at radius 2 is 1.86 bits per heavy atom. The van der Waals surface area contributed by atoms with E-state index in [0.29, 0.717) is 18.6 Å². The van der Waals surface area contributed by atoms with Gasteiger partial charge in [0.2, 0.25) is 0 Å². The number of hydrogen-bond acceptors (Lipinski definition) is 4. The van der Waals surface area contributed by atoms with E-state index in [2.05, 4.69) is 40.8 Å². The SMILES string of the molecule is C[C@H](C[C@H]1O[C@@H]1CO[Si](C)(C)C(C)(C)C)[C@@H]1COC(C)(C)O1. The molecular weight excluding hydrogens is 296 g/mol. The van der Waals surface area contributed by atoms with Gasteiger partial charge >= 0.3 is 0 Å². The van der Waals surface area contributed by atoms with E-state index in [0.717, 1.165) is 13.0 Å². The summed E-state index contributed by atoms with van der Waals surface area (Å²) < 4.78 is 23.6. The van der Waals surface area contributed by atoms with Crippen molar-refractivity contribution < 1.29 is 18.6 Å². The largest absolute Gasteiger partial charge is 0.414 e. The fourth-order valence-corrected chi connectivity index (χ4v) is 3.57. The van der Waals surface area contributed by atoms with Gasteiger partial charge in [-0.25, -0.2) is 0 Å². The van der Waals surface area contributed by atoms with Crippen LogP contribution < -0.4 is 0 Å². The Kier molecular flexibility index (Phi) is 5.16. The maximum atomic E-state index is 6.25. The highest BCUT2D eigenvalue weighted by molar-refractivity contribution is 6.74. The zero-order chi connectivity index (χ0) is 16.8. The Bertz CT molecular complexity index is 389. The van der Waals surface area contributed by atoms with Crippen LogP contribution in [0, 0.1) is 5.92 Å². The van der Waals surface area contributed by atoms with Crippen LogP contribution in [0.1, 0.15) is 48.0 Å². The Balaban J connectivity index is 1.70. The number of ether oxygens (including phenoxy) is 3. The normalized spacial score (nSPS) is 33.0. The molecule has 2 aliphatic heterocycles. The third kappa shape index (κ3) is 4.54. The van der Waals surface area contributed by atoms with Crippen molar-refractivity contribution in [3.8, 4) is 0 Å². The van der Waals surface area contributed by atoms with Gasteiger partial charge in [-0.15, -0.1) is 0 Å². The van der Waals surface area contributed by atoms with E-state index in [1.165, 1.54) is 0 Å². The topological polar surface area (TPSA) is 40.2 Å². The van der Waals surface area contributed by atoms with Gasteiger partial charge in [-0.2, -0.15) is 0 Å². The molecule has 4 atom stereocenters. The maximum absolute atomic E-state index is 6.25. The molecule has 22 heavy (non-hydrogen) atoms. The van der Waals surface area contributed by atoms with Gasteiger partial charge in [-0.1, -0.05) is 27.7 Å². The standard InChI is InChI=1S/C17H34O4Si/c1-12(14-10-18-17(5,6)21-14)9-13-15(20-13)11-19-22(7,8)16(2,3)4/h12-15H,9-11H2,1-8H3/t12-,13-,14+,15-/m1/s1. The molecule has 2 heterocycles. The van der Waals surface area contributed by atoms with E-state index < -0.39 is 14.1 Å². The second kappa shape index (κ2) is 6.17. The van der Waals surface area contributed by atoms with Gasteiger partial charge in [-0.05, 0) is 44.3 Å². The molecule has 0 amide bonds. The van der Waals surface area contributed by atoms with E-state index >= 15 is 0 Å². The van der Waals surface area contributed by atoms with Crippen LogP contribution in [0.2, 0.25) is 18.1 Å². The predicted octanol–water partition coefficient (Wildman–Crippen LogP) is 3.95. The van der Waals surface area contributed by atoms with Gasteiger partial charge in [0.25, 0.3) is 0 Å². The summed E-state index contributed by atoms with van der Waals surface area (Å²) in [6, 6.07) is 0.